The molecule has 3 unspecified atom stereocenters. The van der Waals surface area contributed by atoms with Gasteiger partial charge in [0.25, 0.3) is 0 Å². The predicted molar refractivity (Wildman–Crippen MR) is 92.5 cm³/mol. The minimum atomic E-state index is -0.369. The molecule has 6 nitrogen and oxygen atoms in total. The summed E-state index contributed by atoms with van der Waals surface area (Å²) in [4.78, 5) is 28.0. The minimum Gasteiger partial charge on any atom is -0.333 e. The molecule has 2 aliphatic carbocycles. The Morgan fingerprint density at radius 1 is 1.08 bits per heavy atom. The summed E-state index contributed by atoms with van der Waals surface area (Å²) in [5, 5.41) is 2.98. The molecule has 2 aliphatic rings. The molecule has 3 amide bonds. The SMILES string of the molecule is O=C(Cc1ccccn1)NNC(=O)NC1C2CCc3ccccc3C21. The Labute approximate surface area is 146 Å². The van der Waals surface area contributed by atoms with Crippen molar-refractivity contribution in [1.82, 2.24) is 21.2 Å². The summed E-state index contributed by atoms with van der Waals surface area (Å²) in [6, 6.07) is 13.6. The average molecular weight is 336 g/mol. The van der Waals surface area contributed by atoms with Crippen LogP contribution in [0.3, 0.4) is 0 Å². The molecule has 3 N–H and O–H groups in total. The lowest BCUT2D eigenvalue weighted by atomic mass is 9.92. The van der Waals surface area contributed by atoms with Crippen LogP contribution >= 0.6 is 0 Å². The molecule has 1 aromatic carbocycles. The lowest BCUT2D eigenvalue weighted by Crippen LogP contribution is -2.48. The van der Waals surface area contributed by atoms with E-state index < -0.39 is 0 Å². The maximum atomic E-state index is 12.1. The second-order valence-electron chi connectivity index (χ2n) is 6.60. The van der Waals surface area contributed by atoms with Crippen molar-refractivity contribution in [1.29, 1.82) is 0 Å². The molecule has 4 rings (SSSR count). The van der Waals surface area contributed by atoms with Gasteiger partial charge >= 0.3 is 6.03 Å². The van der Waals surface area contributed by atoms with E-state index in [1.54, 1.807) is 18.3 Å². The molecule has 2 aromatic rings. The van der Waals surface area contributed by atoms with Crippen LogP contribution in [-0.2, 0) is 17.6 Å². The zero-order chi connectivity index (χ0) is 17.2. The van der Waals surface area contributed by atoms with Crippen molar-refractivity contribution < 1.29 is 9.59 Å². The molecule has 3 atom stereocenters. The maximum absolute atomic E-state index is 12.1. The van der Waals surface area contributed by atoms with E-state index in [9.17, 15) is 9.59 Å². The van der Waals surface area contributed by atoms with Crippen molar-refractivity contribution in [3.8, 4) is 0 Å². The molecule has 1 heterocycles. The summed E-state index contributed by atoms with van der Waals surface area (Å²) in [6.45, 7) is 0. The quantitative estimate of drug-likeness (QED) is 0.746. The molecule has 0 saturated heterocycles. The fourth-order valence-electron chi connectivity index (χ4n) is 3.79. The largest absolute Gasteiger partial charge is 0.333 e. The van der Waals surface area contributed by atoms with Gasteiger partial charge in [-0.3, -0.25) is 15.2 Å². The number of benzene rings is 1. The highest BCUT2D eigenvalue weighted by molar-refractivity contribution is 5.82. The Morgan fingerprint density at radius 2 is 1.92 bits per heavy atom. The average Bonchev–Trinajstić information content (AvgIpc) is 3.34. The molecule has 0 radical (unpaired) electrons. The summed E-state index contributed by atoms with van der Waals surface area (Å²) >= 11 is 0. The first-order valence-corrected chi connectivity index (χ1v) is 8.55. The molecule has 25 heavy (non-hydrogen) atoms. The summed E-state index contributed by atoms with van der Waals surface area (Å²) in [5.74, 6) is 0.609. The van der Waals surface area contributed by atoms with Gasteiger partial charge < -0.3 is 5.32 Å². The maximum Gasteiger partial charge on any atom is 0.333 e. The smallest absolute Gasteiger partial charge is 0.333 e. The first-order chi connectivity index (χ1) is 12.2. The van der Waals surface area contributed by atoms with Crippen molar-refractivity contribution in [2.45, 2.75) is 31.2 Å². The Kier molecular flexibility index (Phi) is 4.09. The van der Waals surface area contributed by atoms with Gasteiger partial charge in [0.05, 0.1) is 6.42 Å². The zero-order valence-electron chi connectivity index (χ0n) is 13.7. The minimum absolute atomic E-state index is 0.128. The Bertz CT molecular complexity index is 793. The normalized spacial score (nSPS) is 23.0. The van der Waals surface area contributed by atoms with E-state index >= 15 is 0 Å². The molecule has 1 aromatic heterocycles. The van der Waals surface area contributed by atoms with Crippen LogP contribution in [0.5, 0.6) is 0 Å². The summed E-state index contributed by atoms with van der Waals surface area (Å²) in [7, 11) is 0. The molecule has 0 bridgehead atoms. The summed E-state index contributed by atoms with van der Waals surface area (Å²) in [5.41, 5.74) is 8.25. The van der Waals surface area contributed by atoms with Crippen molar-refractivity contribution in [2.24, 2.45) is 5.92 Å². The second kappa shape index (κ2) is 6.55. The summed E-state index contributed by atoms with van der Waals surface area (Å²) in [6.07, 6.45) is 3.93. The highest BCUT2D eigenvalue weighted by Gasteiger charge is 2.53. The van der Waals surface area contributed by atoms with Crippen molar-refractivity contribution in [2.75, 3.05) is 0 Å². The Balaban J connectivity index is 1.26. The first-order valence-electron chi connectivity index (χ1n) is 8.55. The van der Waals surface area contributed by atoms with Gasteiger partial charge in [-0.05, 0) is 42.0 Å². The van der Waals surface area contributed by atoms with E-state index in [-0.39, 0.29) is 24.4 Å². The van der Waals surface area contributed by atoms with Crippen molar-refractivity contribution in [3.05, 3.63) is 65.5 Å². The molecule has 128 valence electrons. The van der Waals surface area contributed by atoms with Gasteiger partial charge in [-0.2, -0.15) is 0 Å². The predicted octanol–water partition coefficient (Wildman–Crippen LogP) is 1.68. The standard InChI is InChI=1S/C19H20N4O2/c24-16(11-13-6-3-4-10-20-13)22-23-19(25)21-18-15-9-8-12-5-1-2-7-14(12)17(15)18/h1-7,10,15,17-18H,8-9,11H2,(H,22,24)(H2,21,23,25). The van der Waals surface area contributed by atoms with Crippen molar-refractivity contribution in [3.63, 3.8) is 0 Å². The van der Waals surface area contributed by atoms with E-state index in [0.717, 1.165) is 12.8 Å². The number of amides is 3. The Hall–Kier alpha value is -2.89. The number of pyridine rings is 1. The van der Waals surface area contributed by atoms with Crippen molar-refractivity contribution >= 4 is 11.9 Å². The number of hydrogen-bond donors (Lipinski definition) is 3. The highest BCUT2D eigenvalue weighted by atomic mass is 16.2. The van der Waals surface area contributed by atoms with Crippen LogP contribution in [0, 0.1) is 5.92 Å². The third kappa shape index (κ3) is 3.33. The number of hydrazine groups is 1. The van der Waals surface area contributed by atoms with Gasteiger partial charge in [-0.1, -0.05) is 30.3 Å². The zero-order valence-corrected chi connectivity index (χ0v) is 13.7. The number of nitrogens with one attached hydrogen (secondary N) is 3. The number of aromatic nitrogens is 1. The molecule has 1 fully saturated rings. The molecular formula is C19H20N4O2. The van der Waals surface area contributed by atoms with E-state index in [4.69, 9.17) is 0 Å². The topological polar surface area (TPSA) is 83.1 Å². The number of hydrogen-bond acceptors (Lipinski definition) is 3. The number of nitrogens with zero attached hydrogens (tertiary/aromatic N) is 1. The lowest BCUT2D eigenvalue weighted by molar-refractivity contribution is -0.121. The fourth-order valence-corrected chi connectivity index (χ4v) is 3.79. The van der Waals surface area contributed by atoms with Gasteiger partial charge in [0.2, 0.25) is 5.91 Å². The molecule has 1 saturated carbocycles. The van der Waals surface area contributed by atoms with Gasteiger partial charge in [0.15, 0.2) is 0 Å². The number of rotatable bonds is 3. The fraction of sp³-hybridized carbons (Fsp3) is 0.316. The van der Waals surface area contributed by atoms with E-state index in [1.165, 1.54) is 11.1 Å². The van der Waals surface area contributed by atoms with Gasteiger partial charge in [-0.25, -0.2) is 10.2 Å². The van der Waals surface area contributed by atoms with Gasteiger partial charge in [0.1, 0.15) is 0 Å². The first kappa shape index (κ1) is 15.6. The lowest BCUT2D eigenvalue weighted by Gasteiger charge is -2.13. The van der Waals surface area contributed by atoms with E-state index in [2.05, 4.69) is 45.4 Å². The number of carbonyl (C=O) groups is 2. The summed E-state index contributed by atoms with van der Waals surface area (Å²) < 4.78 is 0. The van der Waals surface area contributed by atoms with Crippen LogP contribution < -0.4 is 16.2 Å². The molecule has 0 spiro atoms. The van der Waals surface area contributed by atoms with Crippen LogP contribution in [0.2, 0.25) is 0 Å². The molecular weight excluding hydrogens is 316 g/mol. The van der Waals surface area contributed by atoms with Gasteiger partial charge in [-0.15, -0.1) is 0 Å². The number of carbonyl (C=O) groups excluding carboxylic acids is 2. The molecule has 0 aliphatic heterocycles. The number of fused-ring (bicyclic) bond motifs is 3. The third-order valence-electron chi connectivity index (χ3n) is 5.01. The molecule has 6 heteroatoms. The van der Waals surface area contributed by atoms with Crippen LogP contribution in [0.25, 0.3) is 0 Å². The van der Waals surface area contributed by atoms with Crippen LogP contribution in [0.4, 0.5) is 4.79 Å². The van der Waals surface area contributed by atoms with Gasteiger partial charge in [0, 0.05) is 23.9 Å². The van der Waals surface area contributed by atoms with Crippen LogP contribution in [-0.4, -0.2) is 23.0 Å². The van der Waals surface area contributed by atoms with E-state index in [0.29, 0.717) is 17.5 Å². The van der Waals surface area contributed by atoms with E-state index in [1.807, 2.05) is 6.07 Å². The third-order valence-corrected chi connectivity index (χ3v) is 5.01. The second-order valence-corrected chi connectivity index (χ2v) is 6.60. The Morgan fingerprint density at radius 3 is 2.76 bits per heavy atom. The van der Waals surface area contributed by atoms with Crippen LogP contribution in [0.15, 0.2) is 48.7 Å². The monoisotopic (exact) mass is 336 g/mol. The number of urea groups is 1. The number of aryl methyl sites for hydroxylation is 1. The van der Waals surface area contributed by atoms with Crippen LogP contribution in [0.1, 0.15) is 29.2 Å². The highest BCUT2D eigenvalue weighted by Crippen LogP contribution is 2.54.